The SMILES string of the molecule is C[C@H](CNC(=O)N(C)C)C(=O)O. The quantitative estimate of drug-likeness (QED) is 0.631. The van der Waals surface area contributed by atoms with Crippen molar-refractivity contribution in [2.75, 3.05) is 20.6 Å². The summed E-state index contributed by atoms with van der Waals surface area (Å²) in [5.41, 5.74) is 0. The second-order valence-corrected chi connectivity index (χ2v) is 2.82. The lowest BCUT2D eigenvalue weighted by atomic mass is 10.2. The van der Waals surface area contributed by atoms with E-state index >= 15 is 0 Å². The first-order chi connectivity index (χ1) is 5.45. The maximum atomic E-state index is 10.9. The second-order valence-electron chi connectivity index (χ2n) is 2.82. The number of amides is 2. The van der Waals surface area contributed by atoms with Crippen LogP contribution >= 0.6 is 0 Å². The van der Waals surface area contributed by atoms with E-state index in [1.54, 1.807) is 14.1 Å². The number of nitrogens with one attached hydrogen (secondary N) is 1. The van der Waals surface area contributed by atoms with E-state index in [9.17, 15) is 9.59 Å². The predicted octanol–water partition coefficient (Wildman–Crippen LogP) is -0.0217. The number of rotatable bonds is 3. The van der Waals surface area contributed by atoms with Crippen LogP contribution in [0.1, 0.15) is 6.92 Å². The average molecular weight is 174 g/mol. The summed E-state index contributed by atoms with van der Waals surface area (Å²) in [4.78, 5) is 22.6. The summed E-state index contributed by atoms with van der Waals surface area (Å²) in [5.74, 6) is -1.46. The number of nitrogens with zero attached hydrogens (tertiary/aromatic N) is 1. The van der Waals surface area contributed by atoms with E-state index < -0.39 is 11.9 Å². The highest BCUT2D eigenvalue weighted by atomic mass is 16.4. The molecule has 0 unspecified atom stereocenters. The molecular weight excluding hydrogens is 160 g/mol. The van der Waals surface area contributed by atoms with Crippen LogP contribution in [0.4, 0.5) is 4.79 Å². The van der Waals surface area contributed by atoms with Gasteiger partial charge in [0.25, 0.3) is 0 Å². The van der Waals surface area contributed by atoms with Gasteiger partial charge in [-0.1, -0.05) is 6.92 Å². The molecule has 0 aliphatic rings. The van der Waals surface area contributed by atoms with Crippen LogP contribution in [0, 0.1) is 5.92 Å². The van der Waals surface area contributed by atoms with Gasteiger partial charge in [-0.2, -0.15) is 0 Å². The molecule has 2 amide bonds. The molecule has 5 heteroatoms. The topological polar surface area (TPSA) is 69.6 Å². The molecule has 12 heavy (non-hydrogen) atoms. The Hall–Kier alpha value is -1.26. The number of carboxylic acid groups (broad SMARTS) is 1. The van der Waals surface area contributed by atoms with Crippen molar-refractivity contribution in [1.29, 1.82) is 0 Å². The molecule has 0 spiro atoms. The third-order valence-electron chi connectivity index (χ3n) is 1.39. The monoisotopic (exact) mass is 174 g/mol. The van der Waals surface area contributed by atoms with Crippen LogP contribution in [-0.2, 0) is 4.79 Å². The molecule has 0 saturated heterocycles. The van der Waals surface area contributed by atoms with E-state index in [0.717, 1.165) is 0 Å². The molecule has 5 nitrogen and oxygen atoms in total. The third-order valence-corrected chi connectivity index (χ3v) is 1.39. The molecular formula is C7H14N2O3. The summed E-state index contributed by atoms with van der Waals surface area (Å²) in [6.07, 6.45) is 0. The fourth-order valence-electron chi connectivity index (χ4n) is 0.486. The lowest BCUT2D eigenvalue weighted by molar-refractivity contribution is -0.140. The summed E-state index contributed by atoms with van der Waals surface area (Å²) in [6, 6.07) is -0.275. The molecule has 0 bridgehead atoms. The standard InChI is InChI=1S/C7H14N2O3/c1-5(6(10)11)4-8-7(12)9(2)3/h5H,4H2,1-3H3,(H,8,12)(H,10,11)/t5-/m1/s1. The van der Waals surface area contributed by atoms with Gasteiger partial charge in [-0.05, 0) is 0 Å². The van der Waals surface area contributed by atoms with Crippen molar-refractivity contribution in [2.45, 2.75) is 6.92 Å². The van der Waals surface area contributed by atoms with Gasteiger partial charge in [-0.15, -0.1) is 0 Å². The van der Waals surface area contributed by atoms with Gasteiger partial charge in [0.1, 0.15) is 0 Å². The molecule has 0 aromatic rings. The Bertz CT molecular complexity index is 179. The normalized spacial score (nSPS) is 11.9. The molecule has 0 fully saturated rings. The first kappa shape index (κ1) is 10.7. The molecule has 0 aromatic carbocycles. The van der Waals surface area contributed by atoms with Crippen molar-refractivity contribution < 1.29 is 14.7 Å². The minimum atomic E-state index is -0.908. The first-order valence-corrected chi connectivity index (χ1v) is 3.63. The Morgan fingerprint density at radius 2 is 2.00 bits per heavy atom. The van der Waals surface area contributed by atoms with Crippen LogP contribution in [0.3, 0.4) is 0 Å². The van der Waals surface area contributed by atoms with Gasteiger partial charge in [0.05, 0.1) is 5.92 Å². The molecule has 0 aliphatic heterocycles. The van der Waals surface area contributed by atoms with E-state index in [0.29, 0.717) is 0 Å². The van der Waals surface area contributed by atoms with Crippen molar-refractivity contribution in [2.24, 2.45) is 5.92 Å². The van der Waals surface area contributed by atoms with Crippen molar-refractivity contribution in [3.05, 3.63) is 0 Å². The second kappa shape index (κ2) is 4.58. The van der Waals surface area contributed by atoms with Gasteiger partial charge in [0, 0.05) is 20.6 Å². The highest BCUT2D eigenvalue weighted by Crippen LogP contribution is 1.91. The summed E-state index contributed by atoms with van der Waals surface area (Å²) < 4.78 is 0. The van der Waals surface area contributed by atoms with Gasteiger partial charge < -0.3 is 15.3 Å². The fraction of sp³-hybridized carbons (Fsp3) is 0.714. The van der Waals surface area contributed by atoms with Gasteiger partial charge in [-0.3, -0.25) is 4.79 Å². The van der Waals surface area contributed by atoms with Crippen molar-refractivity contribution >= 4 is 12.0 Å². The highest BCUT2D eigenvalue weighted by molar-refractivity contribution is 5.75. The maximum Gasteiger partial charge on any atom is 0.316 e. The summed E-state index contributed by atoms with van der Waals surface area (Å²) in [7, 11) is 3.20. The zero-order chi connectivity index (χ0) is 9.72. The van der Waals surface area contributed by atoms with Crippen LogP contribution in [0.5, 0.6) is 0 Å². The van der Waals surface area contributed by atoms with Crippen LogP contribution in [0.25, 0.3) is 0 Å². The third kappa shape index (κ3) is 3.80. The lowest BCUT2D eigenvalue weighted by Gasteiger charge is -2.13. The van der Waals surface area contributed by atoms with E-state index in [-0.39, 0.29) is 12.6 Å². The predicted molar refractivity (Wildman–Crippen MR) is 43.9 cm³/mol. The number of hydrogen-bond donors (Lipinski definition) is 2. The van der Waals surface area contributed by atoms with Gasteiger partial charge in [0.2, 0.25) is 0 Å². The number of aliphatic carboxylic acids is 1. The zero-order valence-electron chi connectivity index (χ0n) is 7.50. The molecule has 2 N–H and O–H groups in total. The molecule has 1 atom stereocenters. The highest BCUT2D eigenvalue weighted by Gasteiger charge is 2.12. The number of carbonyl (C=O) groups is 2. The molecule has 0 saturated carbocycles. The lowest BCUT2D eigenvalue weighted by Crippen LogP contribution is -2.38. The molecule has 0 aliphatic carbocycles. The minimum absolute atomic E-state index is 0.159. The Morgan fingerprint density at radius 3 is 2.33 bits per heavy atom. The van der Waals surface area contributed by atoms with Crippen LogP contribution in [-0.4, -0.2) is 42.6 Å². The van der Waals surface area contributed by atoms with Crippen molar-refractivity contribution in [3.8, 4) is 0 Å². The number of hydrogen-bond acceptors (Lipinski definition) is 2. The Labute approximate surface area is 71.4 Å². The Balaban J connectivity index is 3.69. The van der Waals surface area contributed by atoms with Crippen molar-refractivity contribution in [1.82, 2.24) is 10.2 Å². The fourth-order valence-corrected chi connectivity index (χ4v) is 0.486. The number of carboxylic acids is 1. The molecule has 0 aromatic heterocycles. The molecule has 70 valence electrons. The summed E-state index contributed by atoms with van der Waals surface area (Å²) in [6.45, 7) is 1.70. The van der Waals surface area contributed by atoms with Gasteiger partial charge in [-0.25, -0.2) is 4.79 Å². The van der Waals surface area contributed by atoms with Gasteiger partial charge >= 0.3 is 12.0 Å². The van der Waals surface area contributed by atoms with Gasteiger partial charge in [0.15, 0.2) is 0 Å². The Morgan fingerprint density at radius 1 is 1.50 bits per heavy atom. The first-order valence-electron chi connectivity index (χ1n) is 3.63. The largest absolute Gasteiger partial charge is 0.481 e. The average Bonchev–Trinajstić information content (AvgIpc) is 1.98. The van der Waals surface area contributed by atoms with E-state index in [2.05, 4.69) is 5.32 Å². The maximum absolute atomic E-state index is 10.9. The smallest absolute Gasteiger partial charge is 0.316 e. The van der Waals surface area contributed by atoms with Crippen LogP contribution in [0.2, 0.25) is 0 Å². The van der Waals surface area contributed by atoms with E-state index in [1.165, 1.54) is 11.8 Å². The molecule has 0 rings (SSSR count). The van der Waals surface area contributed by atoms with Crippen molar-refractivity contribution in [3.63, 3.8) is 0 Å². The number of urea groups is 1. The number of carbonyl (C=O) groups excluding carboxylic acids is 1. The summed E-state index contributed by atoms with van der Waals surface area (Å²) >= 11 is 0. The zero-order valence-corrected chi connectivity index (χ0v) is 7.50. The molecule has 0 radical (unpaired) electrons. The Kier molecular flexibility index (Phi) is 4.10. The minimum Gasteiger partial charge on any atom is -0.481 e. The van der Waals surface area contributed by atoms with E-state index in [1.807, 2.05) is 0 Å². The van der Waals surface area contributed by atoms with Crippen LogP contribution in [0.15, 0.2) is 0 Å². The van der Waals surface area contributed by atoms with E-state index in [4.69, 9.17) is 5.11 Å². The summed E-state index contributed by atoms with van der Waals surface area (Å²) in [5, 5.41) is 10.9. The molecule has 0 heterocycles. The van der Waals surface area contributed by atoms with Crippen LogP contribution < -0.4 is 5.32 Å².